The van der Waals surface area contributed by atoms with Crippen molar-refractivity contribution in [1.29, 1.82) is 0 Å². The summed E-state index contributed by atoms with van der Waals surface area (Å²) in [6.45, 7) is 2.04. The molecule has 0 fully saturated rings. The van der Waals surface area contributed by atoms with Crippen LogP contribution in [0.15, 0.2) is 48.5 Å². The molecule has 1 amide bonds. The molecule has 0 aliphatic heterocycles. The number of carbonyl (C=O) groups excluding carboxylic acids is 1. The third kappa shape index (κ3) is 3.75. The van der Waals surface area contributed by atoms with Gasteiger partial charge in [0.25, 0.3) is 5.91 Å². The van der Waals surface area contributed by atoms with E-state index in [2.05, 4.69) is 5.32 Å². The van der Waals surface area contributed by atoms with E-state index in [1.807, 2.05) is 37.3 Å². The predicted octanol–water partition coefficient (Wildman–Crippen LogP) is 3.16. The van der Waals surface area contributed by atoms with E-state index in [9.17, 15) is 4.79 Å². The average molecular weight is 284 g/mol. The maximum atomic E-state index is 12.4. The quantitative estimate of drug-likeness (QED) is 0.829. The van der Waals surface area contributed by atoms with Crippen molar-refractivity contribution in [3.8, 4) is 5.75 Å². The van der Waals surface area contributed by atoms with Crippen LogP contribution in [0.4, 0.5) is 5.69 Å². The van der Waals surface area contributed by atoms with Gasteiger partial charge in [0.05, 0.1) is 13.2 Å². The molecule has 0 spiro atoms. The van der Waals surface area contributed by atoms with Crippen LogP contribution in [0.3, 0.4) is 0 Å². The van der Waals surface area contributed by atoms with Gasteiger partial charge in [-0.15, -0.1) is 0 Å². The second-order valence-corrected chi connectivity index (χ2v) is 4.84. The molecule has 0 aliphatic carbocycles. The van der Waals surface area contributed by atoms with Gasteiger partial charge in [-0.25, -0.2) is 0 Å². The summed E-state index contributed by atoms with van der Waals surface area (Å²) in [6.07, 6.45) is 0.815. The van der Waals surface area contributed by atoms with Gasteiger partial charge in [-0.1, -0.05) is 37.3 Å². The lowest BCUT2D eigenvalue weighted by Crippen LogP contribution is -2.28. The molecule has 0 heterocycles. The van der Waals surface area contributed by atoms with Crippen molar-refractivity contribution in [2.45, 2.75) is 19.4 Å². The van der Waals surface area contributed by atoms with Gasteiger partial charge >= 0.3 is 0 Å². The molecule has 2 aromatic carbocycles. The largest absolute Gasteiger partial charge is 0.497 e. The third-order valence-corrected chi connectivity index (χ3v) is 3.34. The number of ether oxygens (including phenoxy) is 1. The van der Waals surface area contributed by atoms with Crippen molar-refractivity contribution in [3.63, 3.8) is 0 Å². The van der Waals surface area contributed by atoms with E-state index in [4.69, 9.17) is 10.5 Å². The number of hydrogen-bond acceptors (Lipinski definition) is 3. The number of methoxy groups -OCH3 is 1. The number of nitrogen functional groups attached to an aromatic ring is 1. The first-order chi connectivity index (χ1) is 10.1. The lowest BCUT2D eigenvalue weighted by Gasteiger charge is -2.18. The monoisotopic (exact) mass is 284 g/mol. The van der Waals surface area contributed by atoms with Crippen LogP contribution >= 0.6 is 0 Å². The Morgan fingerprint density at radius 2 is 1.95 bits per heavy atom. The number of rotatable bonds is 5. The highest BCUT2D eigenvalue weighted by Crippen LogP contribution is 2.21. The molecule has 0 aromatic heterocycles. The van der Waals surface area contributed by atoms with E-state index in [1.165, 1.54) is 0 Å². The summed E-state index contributed by atoms with van der Waals surface area (Å²) in [7, 11) is 1.55. The van der Waals surface area contributed by atoms with Crippen LogP contribution < -0.4 is 15.8 Å². The number of nitrogens with two attached hydrogens (primary N) is 1. The van der Waals surface area contributed by atoms with Crippen molar-refractivity contribution in [2.75, 3.05) is 12.8 Å². The number of hydrogen-bond donors (Lipinski definition) is 2. The number of amides is 1. The van der Waals surface area contributed by atoms with Gasteiger partial charge in [0.2, 0.25) is 0 Å². The Hall–Kier alpha value is -2.49. The molecule has 0 saturated heterocycles. The SMILES string of the molecule is CCC(NC(=O)c1cc(N)cc(OC)c1)c1ccccc1. The van der Waals surface area contributed by atoms with Crippen LogP contribution in [-0.4, -0.2) is 13.0 Å². The summed E-state index contributed by atoms with van der Waals surface area (Å²) in [5.41, 5.74) is 7.88. The first-order valence-electron chi connectivity index (χ1n) is 6.94. The van der Waals surface area contributed by atoms with Crippen LogP contribution in [0, 0.1) is 0 Å². The van der Waals surface area contributed by atoms with Crippen LogP contribution in [0.5, 0.6) is 5.75 Å². The summed E-state index contributed by atoms with van der Waals surface area (Å²) >= 11 is 0. The molecule has 3 N–H and O–H groups in total. The molecule has 0 aliphatic rings. The van der Waals surface area contributed by atoms with E-state index < -0.39 is 0 Å². The molecule has 4 heteroatoms. The molecule has 4 nitrogen and oxygen atoms in total. The molecule has 0 bridgehead atoms. The highest BCUT2D eigenvalue weighted by Gasteiger charge is 2.15. The fourth-order valence-electron chi connectivity index (χ4n) is 2.22. The fourth-order valence-corrected chi connectivity index (χ4v) is 2.22. The standard InChI is InChI=1S/C17H20N2O2/c1-3-16(12-7-5-4-6-8-12)19-17(20)13-9-14(18)11-15(10-13)21-2/h4-11,16H,3,18H2,1-2H3,(H,19,20). The molecule has 2 aromatic rings. The summed E-state index contributed by atoms with van der Waals surface area (Å²) in [4.78, 5) is 12.4. The van der Waals surface area contributed by atoms with Crippen LogP contribution in [0.25, 0.3) is 0 Å². The van der Waals surface area contributed by atoms with Crippen LogP contribution in [0.1, 0.15) is 35.3 Å². The lowest BCUT2D eigenvalue weighted by molar-refractivity contribution is 0.0935. The summed E-state index contributed by atoms with van der Waals surface area (Å²) in [5.74, 6) is 0.421. The molecule has 110 valence electrons. The van der Waals surface area contributed by atoms with Gasteiger partial charge < -0.3 is 15.8 Å². The van der Waals surface area contributed by atoms with E-state index in [1.54, 1.807) is 25.3 Å². The van der Waals surface area contributed by atoms with Gasteiger partial charge in [-0.05, 0) is 24.1 Å². The molecule has 0 saturated carbocycles. The van der Waals surface area contributed by atoms with Gasteiger partial charge in [-0.2, -0.15) is 0 Å². The zero-order valence-corrected chi connectivity index (χ0v) is 12.3. The van der Waals surface area contributed by atoms with E-state index in [0.29, 0.717) is 17.0 Å². The van der Waals surface area contributed by atoms with Crippen LogP contribution in [-0.2, 0) is 0 Å². The summed E-state index contributed by atoms with van der Waals surface area (Å²) in [5, 5.41) is 3.03. The highest BCUT2D eigenvalue weighted by atomic mass is 16.5. The van der Waals surface area contributed by atoms with Crippen molar-refractivity contribution in [3.05, 3.63) is 59.7 Å². The zero-order chi connectivity index (χ0) is 15.2. The minimum Gasteiger partial charge on any atom is -0.497 e. The number of carbonyl (C=O) groups is 1. The molecule has 1 unspecified atom stereocenters. The Morgan fingerprint density at radius 1 is 1.24 bits per heavy atom. The first-order valence-corrected chi connectivity index (χ1v) is 6.94. The van der Waals surface area contributed by atoms with Gasteiger partial charge in [0.1, 0.15) is 5.75 Å². The van der Waals surface area contributed by atoms with E-state index in [-0.39, 0.29) is 11.9 Å². The first kappa shape index (κ1) is 14.9. The zero-order valence-electron chi connectivity index (χ0n) is 12.3. The Morgan fingerprint density at radius 3 is 2.57 bits per heavy atom. The summed E-state index contributed by atoms with van der Waals surface area (Å²) < 4.78 is 5.14. The van der Waals surface area contributed by atoms with Crippen molar-refractivity contribution < 1.29 is 9.53 Å². The van der Waals surface area contributed by atoms with E-state index >= 15 is 0 Å². The van der Waals surface area contributed by atoms with Gasteiger partial charge in [0, 0.05) is 17.3 Å². The van der Waals surface area contributed by atoms with Crippen molar-refractivity contribution >= 4 is 11.6 Å². The van der Waals surface area contributed by atoms with Crippen molar-refractivity contribution in [2.24, 2.45) is 0 Å². The van der Waals surface area contributed by atoms with E-state index in [0.717, 1.165) is 12.0 Å². The molecular weight excluding hydrogens is 264 g/mol. The Balaban J connectivity index is 2.18. The average Bonchev–Trinajstić information content (AvgIpc) is 2.52. The minimum atomic E-state index is -0.156. The lowest BCUT2D eigenvalue weighted by atomic mass is 10.0. The Bertz CT molecular complexity index is 611. The third-order valence-electron chi connectivity index (χ3n) is 3.34. The molecular formula is C17H20N2O2. The maximum Gasteiger partial charge on any atom is 0.251 e. The van der Waals surface area contributed by atoms with Crippen molar-refractivity contribution in [1.82, 2.24) is 5.32 Å². The van der Waals surface area contributed by atoms with Gasteiger partial charge in [-0.3, -0.25) is 4.79 Å². The predicted molar refractivity (Wildman–Crippen MR) is 84.3 cm³/mol. The Labute approximate surface area is 124 Å². The normalized spacial score (nSPS) is 11.7. The molecule has 1 atom stereocenters. The highest BCUT2D eigenvalue weighted by molar-refractivity contribution is 5.95. The second-order valence-electron chi connectivity index (χ2n) is 4.84. The maximum absolute atomic E-state index is 12.4. The molecule has 21 heavy (non-hydrogen) atoms. The fraction of sp³-hybridized carbons (Fsp3) is 0.235. The topological polar surface area (TPSA) is 64.4 Å². The molecule has 2 rings (SSSR count). The minimum absolute atomic E-state index is 0.0221. The smallest absolute Gasteiger partial charge is 0.251 e. The number of benzene rings is 2. The second kappa shape index (κ2) is 6.79. The Kier molecular flexibility index (Phi) is 4.82. The molecule has 0 radical (unpaired) electrons. The van der Waals surface area contributed by atoms with Crippen LogP contribution in [0.2, 0.25) is 0 Å². The number of nitrogens with one attached hydrogen (secondary N) is 1. The summed E-state index contributed by atoms with van der Waals surface area (Å²) in [6, 6.07) is 14.9. The number of anilines is 1. The van der Waals surface area contributed by atoms with Gasteiger partial charge in [0.15, 0.2) is 0 Å².